The van der Waals surface area contributed by atoms with Crippen LogP contribution in [-0.2, 0) is 4.79 Å². The van der Waals surface area contributed by atoms with Crippen LogP contribution in [0.15, 0.2) is 36.4 Å². The molecule has 3 aromatic heterocycles. The summed E-state index contributed by atoms with van der Waals surface area (Å²) in [5.74, 6) is 1.62. The van der Waals surface area contributed by atoms with E-state index in [-0.39, 0.29) is 11.8 Å². The fourth-order valence-corrected chi connectivity index (χ4v) is 3.79. The van der Waals surface area contributed by atoms with Crippen molar-refractivity contribution < 1.29 is 4.79 Å². The molecule has 0 aliphatic carbocycles. The van der Waals surface area contributed by atoms with Gasteiger partial charge in [-0.2, -0.15) is 19.6 Å². The lowest BCUT2D eigenvalue weighted by Crippen LogP contribution is -2.25. The fourth-order valence-electron chi connectivity index (χ4n) is 3.79. The van der Waals surface area contributed by atoms with Crippen molar-refractivity contribution in [2.45, 2.75) is 26.2 Å². The molecule has 0 radical (unpaired) electrons. The van der Waals surface area contributed by atoms with Gasteiger partial charge in [-0.3, -0.25) is 4.79 Å². The van der Waals surface area contributed by atoms with E-state index < -0.39 is 0 Å². The summed E-state index contributed by atoms with van der Waals surface area (Å²) < 4.78 is 3.29. The van der Waals surface area contributed by atoms with E-state index in [2.05, 4.69) is 31.8 Å². The number of nitriles is 1. The van der Waals surface area contributed by atoms with Crippen LogP contribution in [0.2, 0.25) is 0 Å². The first-order chi connectivity index (χ1) is 14.0. The van der Waals surface area contributed by atoms with Crippen molar-refractivity contribution >= 4 is 17.4 Å². The molecule has 1 aromatic carbocycles. The summed E-state index contributed by atoms with van der Waals surface area (Å²) >= 11 is 0. The first-order valence-electron chi connectivity index (χ1n) is 9.14. The van der Waals surface area contributed by atoms with Gasteiger partial charge in [0.2, 0.25) is 5.91 Å². The number of anilines is 1. The summed E-state index contributed by atoms with van der Waals surface area (Å²) in [6, 6.07) is 13.1. The highest BCUT2D eigenvalue weighted by Crippen LogP contribution is 2.40. The number of aromatic nitrogens is 6. The van der Waals surface area contributed by atoms with Crippen molar-refractivity contribution in [3.05, 3.63) is 64.6 Å². The number of hydrogen-bond acceptors (Lipinski definition) is 6. The second-order valence-electron chi connectivity index (χ2n) is 7.01. The molecule has 0 spiro atoms. The third kappa shape index (κ3) is 2.65. The Hall–Kier alpha value is -4.06. The van der Waals surface area contributed by atoms with Gasteiger partial charge in [0.25, 0.3) is 0 Å². The standard InChI is InChI=1S/C20H16N8O/c1-11-19-15(14-5-3-13(10-21)4-6-14)9-18(29)22-20(19)28(25-11)17-8-7-16-24-23-12(2)27(16)26-17/h3-8,15H,9H2,1-2H3,(H,22,29)/t15-/m1/s1. The zero-order valence-electron chi connectivity index (χ0n) is 15.8. The summed E-state index contributed by atoms with van der Waals surface area (Å²) in [5, 5.41) is 29.3. The highest BCUT2D eigenvalue weighted by molar-refractivity contribution is 5.95. The lowest BCUT2D eigenvalue weighted by atomic mass is 9.85. The Morgan fingerprint density at radius 3 is 2.66 bits per heavy atom. The molecule has 0 saturated carbocycles. The van der Waals surface area contributed by atoms with Gasteiger partial charge in [0.15, 0.2) is 17.3 Å². The minimum Gasteiger partial charge on any atom is -0.310 e. The number of fused-ring (bicyclic) bond motifs is 2. The molecule has 1 N–H and O–H groups in total. The summed E-state index contributed by atoms with van der Waals surface area (Å²) in [6.45, 7) is 3.75. The lowest BCUT2D eigenvalue weighted by molar-refractivity contribution is -0.116. The van der Waals surface area contributed by atoms with E-state index in [1.807, 2.05) is 32.0 Å². The third-order valence-electron chi connectivity index (χ3n) is 5.17. The number of carbonyl (C=O) groups is 1. The number of carbonyl (C=O) groups excluding carboxylic acids is 1. The third-order valence-corrected chi connectivity index (χ3v) is 5.17. The van der Waals surface area contributed by atoms with E-state index in [0.29, 0.717) is 35.1 Å². The Morgan fingerprint density at radius 2 is 1.90 bits per heavy atom. The number of amides is 1. The van der Waals surface area contributed by atoms with Crippen LogP contribution in [0.4, 0.5) is 5.82 Å². The maximum Gasteiger partial charge on any atom is 0.226 e. The Morgan fingerprint density at radius 1 is 1.10 bits per heavy atom. The van der Waals surface area contributed by atoms with E-state index in [1.54, 1.807) is 27.4 Å². The van der Waals surface area contributed by atoms with Gasteiger partial charge in [0.1, 0.15) is 5.82 Å². The van der Waals surface area contributed by atoms with Crippen molar-refractivity contribution in [3.63, 3.8) is 0 Å². The molecule has 4 heterocycles. The van der Waals surface area contributed by atoms with Gasteiger partial charge in [-0.05, 0) is 43.7 Å². The Kier molecular flexibility index (Phi) is 3.67. The number of hydrogen-bond donors (Lipinski definition) is 1. The largest absolute Gasteiger partial charge is 0.310 e. The molecule has 29 heavy (non-hydrogen) atoms. The van der Waals surface area contributed by atoms with Gasteiger partial charge in [-0.15, -0.1) is 15.3 Å². The van der Waals surface area contributed by atoms with E-state index in [0.717, 1.165) is 16.8 Å². The predicted octanol–water partition coefficient (Wildman–Crippen LogP) is 2.27. The topological polar surface area (TPSA) is 114 Å². The SMILES string of the molecule is Cc1nn(-c2ccc3nnc(C)n3n2)c2c1[C@@H](c1ccc(C#N)cc1)CC(=O)N2. The zero-order chi connectivity index (χ0) is 20.1. The quantitative estimate of drug-likeness (QED) is 0.567. The van der Waals surface area contributed by atoms with Crippen LogP contribution in [0.3, 0.4) is 0 Å². The van der Waals surface area contributed by atoms with E-state index in [1.165, 1.54) is 0 Å². The first kappa shape index (κ1) is 17.1. The maximum atomic E-state index is 12.5. The molecule has 0 fully saturated rings. The molecule has 4 aromatic rings. The van der Waals surface area contributed by atoms with Gasteiger partial charge in [0, 0.05) is 17.9 Å². The van der Waals surface area contributed by atoms with Crippen LogP contribution < -0.4 is 5.32 Å². The zero-order valence-corrected chi connectivity index (χ0v) is 15.8. The first-order valence-corrected chi connectivity index (χ1v) is 9.14. The monoisotopic (exact) mass is 384 g/mol. The average Bonchev–Trinajstić information content (AvgIpc) is 3.27. The minimum atomic E-state index is -0.138. The van der Waals surface area contributed by atoms with Crippen LogP contribution in [0.5, 0.6) is 0 Å². The van der Waals surface area contributed by atoms with Crippen LogP contribution in [0.1, 0.15) is 40.5 Å². The van der Waals surface area contributed by atoms with E-state index >= 15 is 0 Å². The van der Waals surface area contributed by atoms with Crippen LogP contribution in [-0.4, -0.2) is 35.5 Å². The van der Waals surface area contributed by atoms with Crippen molar-refractivity contribution in [1.29, 1.82) is 5.26 Å². The molecule has 1 aliphatic rings. The molecule has 0 saturated heterocycles. The minimum absolute atomic E-state index is 0.0884. The van der Waals surface area contributed by atoms with E-state index in [4.69, 9.17) is 5.26 Å². The van der Waals surface area contributed by atoms with Gasteiger partial charge in [0.05, 0.1) is 17.3 Å². The number of nitrogens with one attached hydrogen (secondary N) is 1. The van der Waals surface area contributed by atoms with Crippen molar-refractivity contribution in [3.8, 4) is 11.9 Å². The number of rotatable bonds is 2. The number of benzene rings is 1. The molecule has 0 bridgehead atoms. The molecule has 5 rings (SSSR count). The predicted molar refractivity (Wildman–Crippen MR) is 104 cm³/mol. The summed E-state index contributed by atoms with van der Waals surface area (Å²) in [5.41, 5.74) is 3.97. The summed E-state index contributed by atoms with van der Waals surface area (Å²) in [6.07, 6.45) is 0.322. The molecule has 9 nitrogen and oxygen atoms in total. The molecule has 1 atom stereocenters. The fraction of sp³-hybridized carbons (Fsp3) is 0.200. The summed E-state index contributed by atoms with van der Waals surface area (Å²) in [7, 11) is 0. The molecule has 0 unspecified atom stereocenters. The van der Waals surface area contributed by atoms with Gasteiger partial charge in [-0.1, -0.05) is 12.1 Å². The molecule has 9 heteroatoms. The van der Waals surface area contributed by atoms with Crippen LogP contribution >= 0.6 is 0 Å². The smallest absolute Gasteiger partial charge is 0.226 e. The number of nitrogens with zero attached hydrogens (tertiary/aromatic N) is 7. The number of aryl methyl sites for hydroxylation is 2. The van der Waals surface area contributed by atoms with Gasteiger partial charge < -0.3 is 5.32 Å². The highest BCUT2D eigenvalue weighted by Gasteiger charge is 2.33. The van der Waals surface area contributed by atoms with Crippen LogP contribution in [0, 0.1) is 25.2 Å². The normalized spacial score (nSPS) is 15.8. The molecule has 142 valence electrons. The van der Waals surface area contributed by atoms with Gasteiger partial charge in [-0.25, -0.2) is 0 Å². The molecular weight excluding hydrogens is 368 g/mol. The Balaban J connectivity index is 1.66. The second kappa shape index (κ2) is 6.24. The Labute approximate surface area is 165 Å². The van der Waals surface area contributed by atoms with Crippen molar-refractivity contribution in [2.24, 2.45) is 0 Å². The summed E-state index contributed by atoms with van der Waals surface area (Å²) in [4.78, 5) is 12.5. The van der Waals surface area contributed by atoms with Crippen molar-refractivity contribution in [1.82, 2.24) is 29.6 Å². The molecule has 1 amide bonds. The highest BCUT2D eigenvalue weighted by atomic mass is 16.1. The van der Waals surface area contributed by atoms with E-state index in [9.17, 15) is 4.79 Å². The Bertz CT molecular complexity index is 1310. The van der Waals surface area contributed by atoms with Crippen LogP contribution in [0.25, 0.3) is 11.5 Å². The second-order valence-corrected chi connectivity index (χ2v) is 7.01. The van der Waals surface area contributed by atoms with Crippen molar-refractivity contribution in [2.75, 3.05) is 5.32 Å². The van der Waals surface area contributed by atoms with Gasteiger partial charge >= 0.3 is 0 Å². The maximum absolute atomic E-state index is 12.5. The lowest BCUT2D eigenvalue weighted by Gasteiger charge is -2.24. The molecule has 1 aliphatic heterocycles. The average molecular weight is 384 g/mol. The molecular formula is C20H16N8O.